The van der Waals surface area contributed by atoms with E-state index in [0.717, 1.165) is 37.6 Å². The van der Waals surface area contributed by atoms with Gasteiger partial charge in [-0.3, -0.25) is 9.69 Å². The summed E-state index contributed by atoms with van der Waals surface area (Å²) in [5, 5.41) is 2.84. The number of rotatable bonds is 6. The van der Waals surface area contributed by atoms with Crippen molar-refractivity contribution in [2.75, 3.05) is 33.9 Å². The molecule has 0 bridgehead atoms. The smallest absolute Gasteiger partial charge is 0.236 e. The van der Waals surface area contributed by atoms with E-state index in [1.807, 2.05) is 6.07 Å². The molecule has 6 nitrogen and oxygen atoms in total. The van der Waals surface area contributed by atoms with E-state index in [1.54, 1.807) is 21.1 Å². The van der Waals surface area contributed by atoms with Crippen molar-refractivity contribution in [3.05, 3.63) is 23.3 Å². The molecule has 1 heterocycles. The second-order valence-corrected chi connectivity index (χ2v) is 5.58. The predicted octanol–water partition coefficient (Wildman–Crippen LogP) is 0.525. The molecular weight excluding hydrogens is 282 g/mol. The van der Waals surface area contributed by atoms with Crippen molar-refractivity contribution in [2.24, 2.45) is 5.73 Å². The van der Waals surface area contributed by atoms with Crippen LogP contribution in [-0.2, 0) is 17.8 Å². The molecule has 1 aliphatic heterocycles. The van der Waals surface area contributed by atoms with Crippen molar-refractivity contribution in [3.8, 4) is 11.5 Å². The number of ether oxygens (including phenoxy) is 2. The zero-order valence-electron chi connectivity index (χ0n) is 13.5. The summed E-state index contributed by atoms with van der Waals surface area (Å²) >= 11 is 0. The number of hydrogen-bond acceptors (Lipinski definition) is 5. The predicted molar refractivity (Wildman–Crippen MR) is 85.2 cm³/mol. The molecule has 0 saturated heterocycles. The van der Waals surface area contributed by atoms with Crippen LogP contribution in [0.5, 0.6) is 11.5 Å². The van der Waals surface area contributed by atoms with Gasteiger partial charge in [0, 0.05) is 26.2 Å². The first-order valence-electron chi connectivity index (χ1n) is 7.54. The van der Waals surface area contributed by atoms with Gasteiger partial charge in [-0.05, 0) is 36.6 Å². The first kappa shape index (κ1) is 16.6. The Morgan fingerprint density at radius 1 is 1.32 bits per heavy atom. The molecule has 1 amide bonds. The largest absolute Gasteiger partial charge is 0.493 e. The van der Waals surface area contributed by atoms with Crippen LogP contribution < -0.4 is 20.5 Å². The van der Waals surface area contributed by atoms with E-state index in [4.69, 9.17) is 15.2 Å². The van der Waals surface area contributed by atoms with Gasteiger partial charge in [0.1, 0.15) is 0 Å². The highest BCUT2D eigenvalue weighted by Crippen LogP contribution is 2.33. The number of nitrogens with two attached hydrogens (primary N) is 1. The van der Waals surface area contributed by atoms with E-state index in [1.165, 1.54) is 11.1 Å². The first-order chi connectivity index (χ1) is 10.5. The van der Waals surface area contributed by atoms with Gasteiger partial charge in [0.05, 0.1) is 20.3 Å². The minimum absolute atomic E-state index is 0.108. The van der Waals surface area contributed by atoms with Crippen LogP contribution in [0, 0.1) is 0 Å². The van der Waals surface area contributed by atoms with Gasteiger partial charge in [0.25, 0.3) is 0 Å². The Kier molecular flexibility index (Phi) is 5.63. The third-order valence-electron chi connectivity index (χ3n) is 3.94. The van der Waals surface area contributed by atoms with Crippen molar-refractivity contribution < 1.29 is 14.3 Å². The average Bonchev–Trinajstić information content (AvgIpc) is 2.53. The van der Waals surface area contributed by atoms with Gasteiger partial charge in [-0.25, -0.2) is 0 Å². The molecule has 1 aromatic rings. The van der Waals surface area contributed by atoms with Crippen molar-refractivity contribution in [1.82, 2.24) is 10.2 Å². The van der Waals surface area contributed by atoms with Crippen LogP contribution in [0.1, 0.15) is 18.1 Å². The van der Waals surface area contributed by atoms with E-state index in [0.29, 0.717) is 6.54 Å². The van der Waals surface area contributed by atoms with Crippen LogP contribution in [0.3, 0.4) is 0 Å². The SMILES string of the molecule is COc1cc2c(cc1OC)CN(CCNC(=O)[C@@H](C)N)CC2. The van der Waals surface area contributed by atoms with Crippen LogP contribution in [0.25, 0.3) is 0 Å². The molecule has 0 unspecified atom stereocenters. The van der Waals surface area contributed by atoms with Crippen LogP contribution in [-0.4, -0.2) is 50.7 Å². The lowest BCUT2D eigenvalue weighted by molar-refractivity contribution is -0.122. The van der Waals surface area contributed by atoms with Crippen LogP contribution in [0.4, 0.5) is 0 Å². The minimum Gasteiger partial charge on any atom is -0.493 e. The molecule has 0 aliphatic carbocycles. The van der Waals surface area contributed by atoms with Crippen LogP contribution >= 0.6 is 0 Å². The van der Waals surface area contributed by atoms with Gasteiger partial charge in [-0.15, -0.1) is 0 Å². The molecule has 122 valence electrons. The maximum absolute atomic E-state index is 11.5. The topological polar surface area (TPSA) is 76.8 Å². The van der Waals surface area contributed by atoms with Gasteiger partial charge < -0.3 is 20.5 Å². The molecule has 3 N–H and O–H groups in total. The fourth-order valence-corrected chi connectivity index (χ4v) is 2.63. The van der Waals surface area contributed by atoms with E-state index in [2.05, 4.69) is 16.3 Å². The number of nitrogens with one attached hydrogen (secondary N) is 1. The molecule has 0 aromatic heterocycles. The lowest BCUT2D eigenvalue weighted by Crippen LogP contribution is -2.43. The fraction of sp³-hybridized carbons (Fsp3) is 0.562. The Balaban J connectivity index is 1.95. The number of nitrogens with zero attached hydrogens (tertiary/aromatic N) is 1. The summed E-state index contributed by atoms with van der Waals surface area (Å²) in [5.41, 5.74) is 8.08. The van der Waals surface area contributed by atoms with E-state index < -0.39 is 6.04 Å². The third-order valence-corrected chi connectivity index (χ3v) is 3.94. The molecule has 6 heteroatoms. The summed E-state index contributed by atoms with van der Waals surface area (Å²) in [4.78, 5) is 13.8. The lowest BCUT2D eigenvalue weighted by atomic mass is 9.99. The summed E-state index contributed by atoms with van der Waals surface area (Å²) in [7, 11) is 3.30. The van der Waals surface area contributed by atoms with Crippen molar-refractivity contribution >= 4 is 5.91 Å². The molecule has 0 fully saturated rings. The molecule has 1 aromatic carbocycles. The second-order valence-electron chi connectivity index (χ2n) is 5.58. The van der Waals surface area contributed by atoms with Gasteiger partial charge >= 0.3 is 0 Å². The highest BCUT2D eigenvalue weighted by molar-refractivity contribution is 5.80. The Bertz CT molecular complexity index is 532. The number of carbonyl (C=O) groups excluding carboxylic acids is 1. The van der Waals surface area contributed by atoms with Gasteiger partial charge in [-0.2, -0.15) is 0 Å². The third kappa shape index (κ3) is 3.90. The quantitative estimate of drug-likeness (QED) is 0.801. The van der Waals surface area contributed by atoms with E-state index in [-0.39, 0.29) is 5.91 Å². The van der Waals surface area contributed by atoms with E-state index >= 15 is 0 Å². The summed E-state index contributed by atoms with van der Waals surface area (Å²) in [6.07, 6.45) is 0.969. The molecule has 2 rings (SSSR count). The fourth-order valence-electron chi connectivity index (χ4n) is 2.63. The Hall–Kier alpha value is -1.79. The Morgan fingerprint density at radius 3 is 2.55 bits per heavy atom. The number of fused-ring (bicyclic) bond motifs is 1. The average molecular weight is 307 g/mol. The summed E-state index contributed by atoms with van der Waals surface area (Å²) in [6.45, 7) is 4.93. The summed E-state index contributed by atoms with van der Waals surface area (Å²) < 4.78 is 10.7. The van der Waals surface area contributed by atoms with E-state index in [9.17, 15) is 4.79 Å². The number of carbonyl (C=O) groups is 1. The highest BCUT2D eigenvalue weighted by atomic mass is 16.5. The van der Waals surface area contributed by atoms with Crippen LogP contribution in [0.2, 0.25) is 0 Å². The number of methoxy groups -OCH3 is 2. The van der Waals surface area contributed by atoms with Crippen molar-refractivity contribution in [1.29, 1.82) is 0 Å². The lowest BCUT2D eigenvalue weighted by Gasteiger charge is -2.29. The highest BCUT2D eigenvalue weighted by Gasteiger charge is 2.19. The number of benzene rings is 1. The molecule has 0 saturated carbocycles. The monoisotopic (exact) mass is 307 g/mol. The zero-order valence-corrected chi connectivity index (χ0v) is 13.5. The maximum Gasteiger partial charge on any atom is 0.236 e. The molecule has 0 radical (unpaired) electrons. The second kappa shape index (κ2) is 7.47. The zero-order chi connectivity index (χ0) is 16.1. The molecule has 0 spiro atoms. The van der Waals surface area contributed by atoms with Gasteiger partial charge in [0.15, 0.2) is 11.5 Å². The number of amides is 1. The maximum atomic E-state index is 11.5. The Labute approximate surface area is 131 Å². The molecular formula is C16H25N3O3. The summed E-state index contributed by atoms with van der Waals surface area (Å²) in [5.74, 6) is 1.43. The van der Waals surface area contributed by atoms with Crippen LogP contribution in [0.15, 0.2) is 12.1 Å². The standard InChI is InChI=1S/C16H25N3O3/c1-11(17)16(20)18-5-7-19-6-4-12-8-14(21-2)15(22-3)9-13(12)10-19/h8-9,11H,4-7,10,17H2,1-3H3,(H,18,20)/t11-/m1/s1. The van der Waals surface area contributed by atoms with Crippen molar-refractivity contribution in [2.45, 2.75) is 25.9 Å². The molecule has 1 aliphatic rings. The van der Waals surface area contributed by atoms with Gasteiger partial charge in [-0.1, -0.05) is 0 Å². The normalized spacial score (nSPS) is 15.8. The van der Waals surface area contributed by atoms with Crippen molar-refractivity contribution in [3.63, 3.8) is 0 Å². The molecule has 22 heavy (non-hydrogen) atoms. The minimum atomic E-state index is -0.459. The first-order valence-corrected chi connectivity index (χ1v) is 7.54. The summed E-state index contributed by atoms with van der Waals surface area (Å²) in [6, 6.07) is 3.64. The Morgan fingerprint density at radius 2 is 1.95 bits per heavy atom. The molecule has 1 atom stereocenters. The van der Waals surface area contributed by atoms with Gasteiger partial charge in [0.2, 0.25) is 5.91 Å². The number of hydrogen-bond donors (Lipinski definition) is 2.